The van der Waals surface area contributed by atoms with Crippen LogP contribution in [-0.2, 0) is 0 Å². The van der Waals surface area contributed by atoms with Gasteiger partial charge < -0.3 is 9.80 Å². The van der Waals surface area contributed by atoms with E-state index in [1.807, 2.05) is 23.5 Å². The van der Waals surface area contributed by atoms with Crippen molar-refractivity contribution in [2.24, 2.45) is 0 Å². The van der Waals surface area contributed by atoms with E-state index in [9.17, 15) is 4.79 Å². The van der Waals surface area contributed by atoms with Gasteiger partial charge in [-0.25, -0.2) is 14.5 Å². The van der Waals surface area contributed by atoms with Gasteiger partial charge in [-0.05, 0) is 6.08 Å². The number of fused-ring (bicyclic) bond motifs is 2. The van der Waals surface area contributed by atoms with Crippen molar-refractivity contribution in [1.82, 2.24) is 29.8 Å². The van der Waals surface area contributed by atoms with Crippen LogP contribution in [0.1, 0.15) is 0 Å². The highest BCUT2D eigenvalue weighted by Gasteiger charge is 2.37. The molecule has 1 saturated heterocycles. The first-order valence-electron chi connectivity index (χ1n) is 6.27. The fourth-order valence-corrected chi connectivity index (χ4v) is 3.15. The van der Waals surface area contributed by atoms with Gasteiger partial charge in [0.25, 0.3) is 0 Å². The molecular weight excluding hydrogens is 276 g/mol. The molecule has 0 radical (unpaired) electrons. The van der Waals surface area contributed by atoms with Gasteiger partial charge in [-0.15, -0.1) is 16.4 Å². The molecule has 0 aromatic carbocycles. The highest BCUT2D eigenvalue weighted by molar-refractivity contribution is 7.13. The summed E-state index contributed by atoms with van der Waals surface area (Å²) in [5.41, 5.74) is 1.74. The molecule has 0 saturated carbocycles. The normalized spacial score (nSPS) is 21.6. The molecule has 20 heavy (non-hydrogen) atoms. The van der Waals surface area contributed by atoms with E-state index < -0.39 is 0 Å². The second-order valence-corrected chi connectivity index (χ2v) is 5.78. The van der Waals surface area contributed by atoms with Gasteiger partial charge in [0.05, 0.1) is 24.5 Å². The number of hydrogen-bond donors (Lipinski definition) is 0. The number of carbonyl (C=O) groups excluding carboxylic acids is 1. The van der Waals surface area contributed by atoms with E-state index in [1.54, 1.807) is 15.8 Å². The van der Waals surface area contributed by atoms with Crippen LogP contribution < -0.4 is 0 Å². The van der Waals surface area contributed by atoms with Crippen molar-refractivity contribution < 1.29 is 4.79 Å². The Labute approximate surface area is 119 Å². The summed E-state index contributed by atoms with van der Waals surface area (Å²) in [7, 11) is 1.83. The van der Waals surface area contributed by atoms with E-state index in [2.05, 4.69) is 21.4 Å². The van der Waals surface area contributed by atoms with E-state index >= 15 is 0 Å². The van der Waals surface area contributed by atoms with Crippen molar-refractivity contribution in [3.05, 3.63) is 23.8 Å². The summed E-state index contributed by atoms with van der Waals surface area (Å²) < 4.78 is 1.74. The summed E-state index contributed by atoms with van der Waals surface area (Å²) >= 11 is 1.53. The number of urea groups is 1. The second kappa shape index (κ2) is 4.14. The maximum Gasteiger partial charge on any atom is 0.320 e. The minimum absolute atomic E-state index is 0.0708. The Morgan fingerprint density at radius 1 is 1.45 bits per heavy atom. The number of thiazole rings is 1. The van der Waals surface area contributed by atoms with Crippen molar-refractivity contribution in [3.8, 4) is 10.7 Å². The largest absolute Gasteiger partial charge is 0.320 e. The van der Waals surface area contributed by atoms with Crippen LogP contribution in [0.2, 0.25) is 0 Å². The first-order valence-corrected chi connectivity index (χ1v) is 7.15. The van der Waals surface area contributed by atoms with Crippen LogP contribution in [0.5, 0.6) is 0 Å². The molecule has 0 spiro atoms. The quantitative estimate of drug-likeness (QED) is 0.826. The average Bonchev–Trinajstić information content (AvgIpc) is 3.17. The molecule has 1 unspecified atom stereocenters. The van der Waals surface area contributed by atoms with Crippen LogP contribution in [-0.4, -0.2) is 62.0 Å². The number of hydrogen-bond acceptors (Lipinski definition) is 5. The molecule has 0 aliphatic carbocycles. The van der Waals surface area contributed by atoms with Crippen molar-refractivity contribution in [3.63, 3.8) is 0 Å². The summed E-state index contributed by atoms with van der Waals surface area (Å²) in [6.07, 6.45) is 5.70. The van der Waals surface area contributed by atoms with Gasteiger partial charge in [0.15, 0.2) is 0 Å². The van der Waals surface area contributed by atoms with Crippen LogP contribution >= 0.6 is 11.3 Å². The summed E-state index contributed by atoms with van der Waals surface area (Å²) in [5.74, 6) is 0. The SMILES string of the molecule is CN1C(=O)N2CC(n3cc(-c4nccs4)nn3)=CC1C2. The molecule has 4 rings (SSSR count). The van der Waals surface area contributed by atoms with Gasteiger partial charge in [-0.2, -0.15) is 0 Å². The van der Waals surface area contributed by atoms with E-state index in [4.69, 9.17) is 0 Å². The number of carbonyl (C=O) groups is 1. The van der Waals surface area contributed by atoms with Crippen molar-refractivity contribution >= 4 is 23.1 Å². The Kier molecular flexibility index (Phi) is 2.40. The first-order chi connectivity index (χ1) is 9.72. The first kappa shape index (κ1) is 11.6. The van der Waals surface area contributed by atoms with E-state index in [1.165, 1.54) is 11.3 Å². The molecule has 1 atom stereocenters. The highest BCUT2D eigenvalue weighted by atomic mass is 32.1. The fraction of sp³-hybridized carbons (Fsp3) is 0.333. The van der Waals surface area contributed by atoms with Gasteiger partial charge in [-0.1, -0.05) is 5.21 Å². The Morgan fingerprint density at radius 2 is 2.35 bits per heavy atom. The molecule has 1 fully saturated rings. The van der Waals surface area contributed by atoms with Crippen LogP contribution in [0, 0.1) is 0 Å². The van der Waals surface area contributed by atoms with Crippen molar-refractivity contribution in [2.75, 3.05) is 20.1 Å². The molecule has 2 aromatic rings. The number of aromatic nitrogens is 4. The van der Waals surface area contributed by atoms with Gasteiger partial charge in [0, 0.05) is 25.2 Å². The van der Waals surface area contributed by atoms with Gasteiger partial charge in [0.2, 0.25) is 0 Å². The predicted octanol–water partition coefficient (Wildman–Crippen LogP) is 0.992. The van der Waals surface area contributed by atoms with Crippen LogP contribution in [0.25, 0.3) is 16.4 Å². The molecular formula is C12H12N6OS. The van der Waals surface area contributed by atoms with Crippen molar-refractivity contribution in [2.45, 2.75) is 6.04 Å². The number of nitrogens with zero attached hydrogens (tertiary/aromatic N) is 6. The zero-order valence-electron chi connectivity index (χ0n) is 10.8. The maximum atomic E-state index is 11.9. The van der Waals surface area contributed by atoms with E-state index in [0.29, 0.717) is 6.54 Å². The van der Waals surface area contributed by atoms with Gasteiger partial charge in [-0.3, -0.25) is 0 Å². The molecule has 102 valence electrons. The van der Waals surface area contributed by atoms with Gasteiger partial charge in [0.1, 0.15) is 10.7 Å². The predicted molar refractivity (Wildman–Crippen MR) is 73.9 cm³/mol. The lowest BCUT2D eigenvalue weighted by atomic mass is 10.2. The van der Waals surface area contributed by atoms with Crippen LogP contribution in [0.3, 0.4) is 0 Å². The molecule has 2 aliphatic heterocycles. The Balaban J connectivity index is 1.66. The second-order valence-electron chi connectivity index (χ2n) is 4.88. The topological polar surface area (TPSA) is 67.2 Å². The maximum absolute atomic E-state index is 11.9. The lowest BCUT2D eigenvalue weighted by molar-refractivity contribution is 0.201. The molecule has 2 aromatic heterocycles. The molecule has 7 nitrogen and oxygen atoms in total. The zero-order valence-corrected chi connectivity index (χ0v) is 11.6. The molecule has 2 amide bonds. The van der Waals surface area contributed by atoms with Gasteiger partial charge >= 0.3 is 6.03 Å². The monoisotopic (exact) mass is 288 g/mol. The lowest BCUT2D eigenvalue weighted by Gasteiger charge is -2.20. The Bertz CT molecular complexity index is 691. The molecule has 8 heteroatoms. The minimum Gasteiger partial charge on any atom is -0.319 e. The minimum atomic E-state index is 0.0708. The van der Waals surface area contributed by atoms with Crippen molar-refractivity contribution in [1.29, 1.82) is 0 Å². The summed E-state index contributed by atoms with van der Waals surface area (Å²) in [4.78, 5) is 19.7. The fourth-order valence-electron chi connectivity index (χ4n) is 2.56. The third kappa shape index (κ3) is 1.64. The average molecular weight is 288 g/mol. The Morgan fingerprint density at radius 3 is 3.10 bits per heavy atom. The third-order valence-electron chi connectivity index (χ3n) is 3.65. The van der Waals surface area contributed by atoms with Crippen LogP contribution in [0.15, 0.2) is 23.8 Å². The van der Waals surface area contributed by atoms with E-state index in [-0.39, 0.29) is 12.1 Å². The zero-order chi connectivity index (χ0) is 13.7. The number of rotatable bonds is 2. The molecule has 2 aliphatic rings. The highest BCUT2D eigenvalue weighted by Crippen LogP contribution is 2.26. The standard InChI is InChI=1S/C12H12N6OS/c1-16-8-4-9(6-17(5-8)12(16)19)18-7-10(14-15-18)11-13-2-3-20-11/h2-4,7-8H,5-6H2,1H3. The smallest absolute Gasteiger partial charge is 0.319 e. The summed E-state index contributed by atoms with van der Waals surface area (Å²) in [6, 6.07) is 0.195. The molecule has 2 bridgehead atoms. The molecule has 0 N–H and O–H groups in total. The molecule has 4 heterocycles. The van der Waals surface area contributed by atoms with Crippen LogP contribution in [0.4, 0.5) is 4.79 Å². The number of likely N-dealkylation sites (N-methyl/N-ethyl adjacent to an activating group) is 1. The lowest BCUT2D eigenvalue weighted by Crippen LogP contribution is -2.31. The number of amides is 2. The third-order valence-corrected chi connectivity index (χ3v) is 4.45. The summed E-state index contributed by atoms with van der Waals surface area (Å²) in [5, 5.41) is 11.1. The summed E-state index contributed by atoms with van der Waals surface area (Å²) in [6.45, 7) is 1.33. The Hall–Kier alpha value is -2.22. The van der Waals surface area contributed by atoms with E-state index in [0.717, 1.165) is 22.9 Å².